The van der Waals surface area contributed by atoms with Crippen LogP contribution in [0, 0.1) is 0 Å². The molecule has 0 bridgehead atoms. The van der Waals surface area contributed by atoms with E-state index in [0.717, 1.165) is 33.7 Å². The molecule has 0 N–H and O–H groups in total. The minimum atomic E-state index is 0.407. The van der Waals surface area contributed by atoms with Gasteiger partial charge in [0.1, 0.15) is 30.5 Å². The lowest BCUT2D eigenvalue weighted by Gasteiger charge is -2.13. The van der Waals surface area contributed by atoms with Gasteiger partial charge in [0, 0.05) is 5.39 Å². The van der Waals surface area contributed by atoms with Crippen LogP contribution in [0.1, 0.15) is 31.2 Å². The summed E-state index contributed by atoms with van der Waals surface area (Å²) in [5.74, 6) is 3.15. The van der Waals surface area contributed by atoms with Crippen molar-refractivity contribution in [2.45, 2.75) is 32.9 Å². The summed E-state index contributed by atoms with van der Waals surface area (Å²) in [6, 6.07) is 31.0. The number of rotatable bonds is 8. The molecule has 33 heavy (non-hydrogen) atoms. The maximum Gasteiger partial charge on any atom is 0.148 e. The molecule has 0 radical (unpaired) electrons. The molecule has 0 amide bonds. The van der Waals surface area contributed by atoms with Crippen LogP contribution in [0.5, 0.6) is 11.5 Å². The number of fused-ring (bicyclic) bond motifs is 2. The SMILES string of the molecule is CC(C)c1ccc(OCc2nc3ccccc3n2CCOc2cccc3ccccc23)cc1. The van der Waals surface area contributed by atoms with Crippen molar-refractivity contribution in [2.24, 2.45) is 0 Å². The van der Waals surface area contributed by atoms with Gasteiger partial charge in [0.15, 0.2) is 0 Å². The van der Waals surface area contributed by atoms with E-state index < -0.39 is 0 Å². The van der Waals surface area contributed by atoms with Gasteiger partial charge in [0.2, 0.25) is 0 Å². The van der Waals surface area contributed by atoms with E-state index in [1.807, 2.05) is 54.6 Å². The number of aromatic nitrogens is 2. The lowest BCUT2D eigenvalue weighted by Crippen LogP contribution is -2.13. The first kappa shape index (κ1) is 21.1. The van der Waals surface area contributed by atoms with Crippen LogP contribution in [0.3, 0.4) is 0 Å². The van der Waals surface area contributed by atoms with Crippen LogP contribution in [0.25, 0.3) is 21.8 Å². The number of para-hydroxylation sites is 2. The highest BCUT2D eigenvalue weighted by molar-refractivity contribution is 5.88. The molecular weight excluding hydrogens is 408 g/mol. The summed E-state index contributed by atoms with van der Waals surface area (Å²) in [5.41, 5.74) is 3.37. The van der Waals surface area contributed by atoms with Gasteiger partial charge in [0.25, 0.3) is 0 Å². The van der Waals surface area contributed by atoms with Gasteiger partial charge in [-0.2, -0.15) is 0 Å². The third kappa shape index (κ3) is 4.56. The summed E-state index contributed by atoms with van der Waals surface area (Å²) in [7, 11) is 0. The second-order valence-corrected chi connectivity index (χ2v) is 8.51. The Kier molecular flexibility index (Phi) is 5.99. The molecule has 0 aliphatic carbocycles. The zero-order valence-corrected chi connectivity index (χ0v) is 19.1. The zero-order chi connectivity index (χ0) is 22.6. The van der Waals surface area contributed by atoms with Gasteiger partial charge in [0.05, 0.1) is 17.6 Å². The van der Waals surface area contributed by atoms with E-state index >= 15 is 0 Å². The predicted octanol–water partition coefficient (Wildman–Crippen LogP) is 6.97. The van der Waals surface area contributed by atoms with E-state index in [4.69, 9.17) is 14.5 Å². The van der Waals surface area contributed by atoms with Crippen LogP contribution >= 0.6 is 0 Å². The molecule has 0 saturated carbocycles. The van der Waals surface area contributed by atoms with E-state index in [1.165, 1.54) is 10.9 Å². The van der Waals surface area contributed by atoms with Crippen molar-refractivity contribution in [1.29, 1.82) is 0 Å². The van der Waals surface area contributed by atoms with E-state index in [2.05, 4.69) is 54.8 Å². The molecule has 4 heteroatoms. The van der Waals surface area contributed by atoms with Crippen molar-refractivity contribution in [3.05, 3.63) is 102 Å². The first-order valence-corrected chi connectivity index (χ1v) is 11.5. The lowest BCUT2D eigenvalue weighted by atomic mass is 10.0. The maximum absolute atomic E-state index is 6.21. The van der Waals surface area contributed by atoms with Gasteiger partial charge < -0.3 is 14.0 Å². The second kappa shape index (κ2) is 9.37. The van der Waals surface area contributed by atoms with Crippen LogP contribution in [0.2, 0.25) is 0 Å². The monoisotopic (exact) mass is 436 g/mol. The van der Waals surface area contributed by atoms with E-state index in [0.29, 0.717) is 25.7 Å². The largest absolute Gasteiger partial charge is 0.491 e. The fraction of sp³-hybridized carbons (Fsp3) is 0.207. The van der Waals surface area contributed by atoms with Crippen LogP contribution < -0.4 is 9.47 Å². The molecule has 0 atom stereocenters. The summed E-state index contributed by atoms with van der Waals surface area (Å²) in [5, 5.41) is 2.31. The molecule has 4 aromatic carbocycles. The van der Waals surface area contributed by atoms with Crippen molar-refractivity contribution in [3.8, 4) is 11.5 Å². The first-order valence-electron chi connectivity index (χ1n) is 11.5. The van der Waals surface area contributed by atoms with Gasteiger partial charge >= 0.3 is 0 Å². The van der Waals surface area contributed by atoms with Gasteiger partial charge in [-0.05, 0) is 47.2 Å². The average Bonchev–Trinajstić information content (AvgIpc) is 3.20. The third-order valence-electron chi connectivity index (χ3n) is 5.97. The Morgan fingerprint density at radius 2 is 1.55 bits per heavy atom. The normalized spacial score (nSPS) is 11.4. The number of hydrogen-bond donors (Lipinski definition) is 0. The maximum atomic E-state index is 6.21. The molecule has 5 aromatic rings. The Labute approximate surface area is 194 Å². The quantitative estimate of drug-likeness (QED) is 0.263. The molecule has 0 saturated heterocycles. The highest BCUT2D eigenvalue weighted by Gasteiger charge is 2.12. The van der Waals surface area contributed by atoms with Gasteiger partial charge in [-0.1, -0.05) is 74.5 Å². The highest BCUT2D eigenvalue weighted by Crippen LogP contribution is 2.26. The smallest absolute Gasteiger partial charge is 0.148 e. The first-order chi connectivity index (χ1) is 16.2. The number of imidazole rings is 1. The summed E-state index contributed by atoms with van der Waals surface area (Å²) in [6.45, 7) is 6.03. The predicted molar refractivity (Wildman–Crippen MR) is 134 cm³/mol. The topological polar surface area (TPSA) is 36.3 Å². The van der Waals surface area contributed by atoms with E-state index in [9.17, 15) is 0 Å². The Morgan fingerprint density at radius 3 is 2.39 bits per heavy atom. The van der Waals surface area contributed by atoms with Crippen LogP contribution in [-0.2, 0) is 13.2 Å². The molecule has 0 aliphatic rings. The second-order valence-electron chi connectivity index (χ2n) is 8.51. The molecule has 0 fully saturated rings. The standard InChI is InChI=1S/C29H28N2O2/c1-21(2)22-14-16-24(17-15-22)33-20-29-30-26-11-5-6-12-27(26)31(29)18-19-32-28-13-7-9-23-8-3-4-10-25(23)28/h3-17,21H,18-20H2,1-2H3. The van der Waals surface area contributed by atoms with Crippen molar-refractivity contribution in [2.75, 3.05) is 6.61 Å². The van der Waals surface area contributed by atoms with Crippen molar-refractivity contribution < 1.29 is 9.47 Å². The zero-order valence-electron chi connectivity index (χ0n) is 19.1. The molecule has 0 aliphatic heterocycles. The Hall–Kier alpha value is -3.79. The molecule has 1 heterocycles. The lowest BCUT2D eigenvalue weighted by molar-refractivity contribution is 0.273. The van der Waals surface area contributed by atoms with Crippen LogP contribution in [-0.4, -0.2) is 16.2 Å². The van der Waals surface area contributed by atoms with Gasteiger partial charge in [-0.25, -0.2) is 4.98 Å². The highest BCUT2D eigenvalue weighted by atomic mass is 16.5. The number of nitrogens with zero attached hydrogens (tertiary/aromatic N) is 2. The molecule has 5 rings (SSSR count). The minimum absolute atomic E-state index is 0.407. The average molecular weight is 437 g/mol. The minimum Gasteiger partial charge on any atom is -0.491 e. The Bertz CT molecular complexity index is 1360. The summed E-state index contributed by atoms with van der Waals surface area (Å²) in [4.78, 5) is 4.83. The molecule has 4 nitrogen and oxygen atoms in total. The van der Waals surface area contributed by atoms with Crippen LogP contribution in [0.15, 0.2) is 91.0 Å². The van der Waals surface area contributed by atoms with Gasteiger partial charge in [-0.3, -0.25) is 0 Å². The summed E-state index contributed by atoms with van der Waals surface area (Å²) >= 11 is 0. The third-order valence-corrected chi connectivity index (χ3v) is 5.97. The fourth-order valence-electron chi connectivity index (χ4n) is 4.15. The Morgan fingerprint density at radius 1 is 0.788 bits per heavy atom. The van der Waals surface area contributed by atoms with Crippen LogP contribution in [0.4, 0.5) is 0 Å². The summed E-state index contributed by atoms with van der Waals surface area (Å²) < 4.78 is 14.5. The molecule has 1 aromatic heterocycles. The molecule has 0 spiro atoms. The van der Waals surface area contributed by atoms with Crippen molar-refractivity contribution in [1.82, 2.24) is 9.55 Å². The summed E-state index contributed by atoms with van der Waals surface area (Å²) in [6.07, 6.45) is 0. The van der Waals surface area contributed by atoms with Crippen molar-refractivity contribution in [3.63, 3.8) is 0 Å². The number of hydrogen-bond acceptors (Lipinski definition) is 3. The number of ether oxygens (including phenoxy) is 2. The van der Waals surface area contributed by atoms with Crippen molar-refractivity contribution >= 4 is 21.8 Å². The van der Waals surface area contributed by atoms with E-state index in [1.54, 1.807) is 0 Å². The van der Waals surface area contributed by atoms with E-state index in [-0.39, 0.29) is 0 Å². The molecule has 166 valence electrons. The number of benzene rings is 4. The van der Waals surface area contributed by atoms with Gasteiger partial charge in [-0.15, -0.1) is 0 Å². The molecular formula is C29H28N2O2. The fourth-order valence-corrected chi connectivity index (χ4v) is 4.15. The molecule has 0 unspecified atom stereocenters. The Balaban J connectivity index is 1.33.